The minimum atomic E-state index is -0.557. The lowest BCUT2D eigenvalue weighted by Gasteiger charge is -2.12. The Balaban J connectivity index is 2.39. The molecule has 2 rings (SSSR count). The molecule has 0 saturated heterocycles. The quantitative estimate of drug-likeness (QED) is 0.678. The van der Waals surface area contributed by atoms with Gasteiger partial charge in [-0.3, -0.25) is 4.79 Å². The number of para-hydroxylation sites is 1. The molecule has 0 aromatic heterocycles. The molecule has 0 bridgehead atoms. The SMILES string of the molecule is COc1cccc(F)c1Oc1ccc(C=O)cc1N. The van der Waals surface area contributed by atoms with Crippen LogP contribution in [0.3, 0.4) is 0 Å². The largest absolute Gasteiger partial charge is 0.493 e. The summed E-state index contributed by atoms with van der Waals surface area (Å²) >= 11 is 0. The predicted molar refractivity (Wildman–Crippen MR) is 69.3 cm³/mol. The number of carbonyl (C=O) groups excluding carboxylic acids is 1. The molecule has 2 N–H and O–H groups in total. The normalized spacial score (nSPS) is 10.0. The Labute approximate surface area is 109 Å². The third kappa shape index (κ3) is 2.65. The van der Waals surface area contributed by atoms with Crippen LogP contribution in [0.2, 0.25) is 0 Å². The number of hydrogen-bond donors (Lipinski definition) is 1. The summed E-state index contributed by atoms with van der Waals surface area (Å²) in [6.07, 6.45) is 0.670. The average Bonchev–Trinajstić information content (AvgIpc) is 2.42. The van der Waals surface area contributed by atoms with E-state index in [1.807, 2.05) is 0 Å². The lowest BCUT2D eigenvalue weighted by molar-refractivity contribution is 0.112. The standard InChI is InChI=1S/C14H12FNO3/c1-18-13-4-2-3-10(15)14(13)19-12-6-5-9(8-17)7-11(12)16/h2-8H,16H2,1H3. The molecule has 0 atom stereocenters. The zero-order valence-corrected chi connectivity index (χ0v) is 10.2. The lowest BCUT2D eigenvalue weighted by atomic mass is 10.2. The topological polar surface area (TPSA) is 61.5 Å². The maximum Gasteiger partial charge on any atom is 0.204 e. The first-order valence-electron chi connectivity index (χ1n) is 5.50. The van der Waals surface area contributed by atoms with E-state index in [9.17, 15) is 9.18 Å². The second kappa shape index (κ2) is 5.39. The van der Waals surface area contributed by atoms with Gasteiger partial charge in [0.05, 0.1) is 12.8 Å². The van der Waals surface area contributed by atoms with E-state index < -0.39 is 5.82 Å². The van der Waals surface area contributed by atoms with E-state index in [4.69, 9.17) is 15.2 Å². The molecular formula is C14H12FNO3. The van der Waals surface area contributed by atoms with Crippen LogP contribution in [-0.4, -0.2) is 13.4 Å². The van der Waals surface area contributed by atoms with Crippen LogP contribution in [0.25, 0.3) is 0 Å². The molecule has 0 fully saturated rings. The minimum Gasteiger partial charge on any atom is -0.493 e. The van der Waals surface area contributed by atoms with Gasteiger partial charge < -0.3 is 15.2 Å². The van der Waals surface area contributed by atoms with Gasteiger partial charge in [-0.25, -0.2) is 4.39 Å². The third-order valence-corrected chi connectivity index (χ3v) is 2.53. The molecule has 0 amide bonds. The molecule has 19 heavy (non-hydrogen) atoms. The smallest absolute Gasteiger partial charge is 0.204 e. The number of anilines is 1. The number of hydrogen-bond acceptors (Lipinski definition) is 4. The van der Waals surface area contributed by atoms with E-state index >= 15 is 0 Å². The molecule has 0 aliphatic rings. The van der Waals surface area contributed by atoms with Crippen molar-refractivity contribution in [1.82, 2.24) is 0 Å². The van der Waals surface area contributed by atoms with Crippen LogP contribution >= 0.6 is 0 Å². The fraction of sp³-hybridized carbons (Fsp3) is 0.0714. The Hall–Kier alpha value is -2.56. The van der Waals surface area contributed by atoms with E-state index in [0.717, 1.165) is 0 Å². The number of halogens is 1. The zero-order chi connectivity index (χ0) is 13.8. The Morgan fingerprint density at radius 3 is 2.63 bits per heavy atom. The van der Waals surface area contributed by atoms with Crippen LogP contribution in [0, 0.1) is 5.82 Å². The average molecular weight is 261 g/mol. The summed E-state index contributed by atoms with van der Waals surface area (Å²) in [4.78, 5) is 10.6. The lowest BCUT2D eigenvalue weighted by Crippen LogP contribution is -1.97. The first kappa shape index (κ1) is 12.9. The molecule has 0 saturated carbocycles. The summed E-state index contributed by atoms with van der Waals surface area (Å²) < 4.78 is 24.1. The number of benzene rings is 2. The van der Waals surface area contributed by atoms with Gasteiger partial charge in [-0.1, -0.05) is 6.07 Å². The highest BCUT2D eigenvalue weighted by Crippen LogP contribution is 2.36. The molecule has 98 valence electrons. The van der Waals surface area contributed by atoms with Crippen molar-refractivity contribution in [3.05, 3.63) is 47.8 Å². The van der Waals surface area contributed by atoms with E-state index in [-0.39, 0.29) is 22.9 Å². The second-order valence-corrected chi connectivity index (χ2v) is 3.79. The van der Waals surface area contributed by atoms with Crippen LogP contribution in [0.4, 0.5) is 10.1 Å². The van der Waals surface area contributed by atoms with Crippen LogP contribution in [-0.2, 0) is 0 Å². The molecule has 0 spiro atoms. The van der Waals surface area contributed by atoms with Crippen LogP contribution in [0.1, 0.15) is 10.4 Å². The predicted octanol–water partition coefficient (Wildman–Crippen LogP) is 3.02. The third-order valence-electron chi connectivity index (χ3n) is 2.53. The first-order chi connectivity index (χ1) is 9.15. The molecule has 2 aromatic rings. The van der Waals surface area contributed by atoms with Crippen LogP contribution in [0.15, 0.2) is 36.4 Å². The maximum absolute atomic E-state index is 13.7. The summed E-state index contributed by atoms with van der Waals surface area (Å²) in [7, 11) is 1.42. The Morgan fingerprint density at radius 2 is 2.00 bits per heavy atom. The summed E-state index contributed by atoms with van der Waals surface area (Å²) in [5.41, 5.74) is 6.41. The fourth-order valence-electron chi connectivity index (χ4n) is 1.59. The molecule has 4 nitrogen and oxygen atoms in total. The van der Waals surface area contributed by atoms with Crippen molar-refractivity contribution in [3.63, 3.8) is 0 Å². The molecule has 0 unspecified atom stereocenters. The summed E-state index contributed by atoms with van der Waals surface area (Å²) in [6.45, 7) is 0. The molecule has 0 radical (unpaired) electrons. The summed E-state index contributed by atoms with van der Waals surface area (Å²) in [5.74, 6) is -0.0818. The Bertz CT molecular complexity index is 614. The van der Waals surface area contributed by atoms with E-state index in [0.29, 0.717) is 11.8 Å². The minimum absolute atomic E-state index is 0.0458. The van der Waals surface area contributed by atoms with E-state index in [1.54, 1.807) is 6.07 Å². The monoisotopic (exact) mass is 261 g/mol. The van der Waals surface area contributed by atoms with E-state index in [1.165, 1.54) is 37.4 Å². The van der Waals surface area contributed by atoms with Crippen molar-refractivity contribution in [3.8, 4) is 17.2 Å². The highest BCUT2D eigenvalue weighted by molar-refractivity contribution is 5.78. The maximum atomic E-state index is 13.7. The van der Waals surface area contributed by atoms with E-state index in [2.05, 4.69) is 0 Å². The van der Waals surface area contributed by atoms with Crippen molar-refractivity contribution in [2.75, 3.05) is 12.8 Å². The highest BCUT2D eigenvalue weighted by Gasteiger charge is 2.13. The summed E-state index contributed by atoms with van der Waals surface area (Å²) in [5, 5.41) is 0. The Morgan fingerprint density at radius 1 is 1.21 bits per heavy atom. The van der Waals surface area contributed by atoms with Gasteiger partial charge in [0.1, 0.15) is 6.29 Å². The van der Waals surface area contributed by atoms with Crippen LogP contribution in [0.5, 0.6) is 17.2 Å². The molecule has 5 heteroatoms. The molecular weight excluding hydrogens is 249 g/mol. The van der Waals surface area contributed by atoms with Crippen molar-refractivity contribution >= 4 is 12.0 Å². The van der Waals surface area contributed by atoms with Gasteiger partial charge in [-0.2, -0.15) is 0 Å². The first-order valence-corrected chi connectivity index (χ1v) is 5.50. The van der Waals surface area contributed by atoms with Crippen molar-refractivity contribution in [2.45, 2.75) is 0 Å². The van der Waals surface area contributed by atoms with Gasteiger partial charge in [-0.15, -0.1) is 0 Å². The molecule has 0 aliphatic heterocycles. The molecule has 2 aromatic carbocycles. The fourth-order valence-corrected chi connectivity index (χ4v) is 1.59. The van der Waals surface area contributed by atoms with Crippen molar-refractivity contribution in [1.29, 1.82) is 0 Å². The number of nitrogen functional groups attached to an aromatic ring is 1. The molecule has 0 heterocycles. The van der Waals surface area contributed by atoms with Crippen LogP contribution < -0.4 is 15.2 Å². The van der Waals surface area contributed by atoms with Gasteiger partial charge in [0.2, 0.25) is 5.75 Å². The molecule has 0 aliphatic carbocycles. The summed E-state index contributed by atoms with van der Waals surface area (Å²) in [6, 6.07) is 8.84. The van der Waals surface area contributed by atoms with Crippen molar-refractivity contribution in [2.24, 2.45) is 0 Å². The number of aldehydes is 1. The number of carbonyl (C=O) groups is 1. The van der Waals surface area contributed by atoms with Gasteiger partial charge in [-0.05, 0) is 30.3 Å². The highest BCUT2D eigenvalue weighted by atomic mass is 19.1. The van der Waals surface area contributed by atoms with Gasteiger partial charge in [0.25, 0.3) is 0 Å². The number of ether oxygens (including phenoxy) is 2. The van der Waals surface area contributed by atoms with Crippen molar-refractivity contribution < 1.29 is 18.7 Å². The Kier molecular flexibility index (Phi) is 3.66. The number of rotatable bonds is 4. The number of nitrogens with two attached hydrogens (primary N) is 1. The zero-order valence-electron chi connectivity index (χ0n) is 10.2. The van der Waals surface area contributed by atoms with Gasteiger partial charge >= 0.3 is 0 Å². The number of methoxy groups -OCH3 is 1. The van der Waals surface area contributed by atoms with Gasteiger partial charge in [0, 0.05) is 5.56 Å². The second-order valence-electron chi connectivity index (χ2n) is 3.79. The van der Waals surface area contributed by atoms with Gasteiger partial charge in [0.15, 0.2) is 17.3 Å².